The van der Waals surface area contributed by atoms with Crippen LogP contribution in [0, 0.1) is 11.6 Å². The van der Waals surface area contributed by atoms with E-state index in [1.54, 1.807) is 0 Å². The van der Waals surface area contributed by atoms with Crippen LogP contribution in [0.3, 0.4) is 0 Å². The smallest absolute Gasteiger partial charge is 0.262 e. The van der Waals surface area contributed by atoms with Crippen LogP contribution in [0.4, 0.5) is 14.5 Å². The summed E-state index contributed by atoms with van der Waals surface area (Å²) >= 11 is 5.21. The van der Waals surface area contributed by atoms with Crippen LogP contribution < -0.4 is 14.9 Å². The fraction of sp³-hybridized carbons (Fsp3) is 0.222. The van der Waals surface area contributed by atoms with Gasteiger partial charge in [0.1, 0.15) is 0 Å². The molecule has 0 saturated heterocycles. The number of nitrogens with one attached hydrogen (secondary N) is 2. The first kappa shape index (κ1) is 11.1. The Labute approximate surface area is 94.6 Å². The highest BCUT2D eigenvalue weighted by Crippen LogP contribution is 2.34. The van der Waals surface area contributed by atoms with Crippen LogP contribution in [-0.2, 0) is 11.3 Å². The number of ether oxygens (including phenoxy) is 1. The Kier molecular flexibility index (Phi) is 2.93. The number of fused-ring (bicyclic) bond motifs is 1. The minimum absolute atomic E-state index is 0.0112. The Hall–Kier alpha value is -1.40. The second-order valence-corrected chi connectivity index (χ2v) is 3.45. The molecule has 0 bridgehead atoms. The van der Waals surface area contributed by atoms with Gasteiger partial charge in [-0.2, -0.15) is 4.39 Å². The summed E-state index contributed by atoms with van der Waals surface area (Å²) in [6, 6.07) is 1.28. The third-order valence-electron chi connectivity index (χ3n) is 2.12. The highest BCUT2D eigenvalue weighted by molar-refractivity contribution is 6.13. The van der Waals surface area contributed by atoms with Crippen LogP contribution in [0.1, 0.15) is 5.56 Å². The van der Waals surface area contributed by atoms with Crippen molar-refractivity contribution in [1.29, 1.82) is 0 Å². The summed E-state index contributed by atoms with van der Waals surface area (Å²) in [6.07, 6.45) is 0. The highest BCUT2D eigenvalue weighted by atomic mass is 35.5. The lowest BCUT2D eigenvalue weighted by molar-refractivity contribution is -0.118. The number of rotatable bonds is 2. The number of hydrogen-bond donors (Lipinski definition) is 2. The second-order valence-electron chi connectivity index (χ2n) is 3.19. The van der Waals surface area contributed by atoms with Gasteiger partial charge in [0.05, 0.1) is 5.69 Å². The molecule has 0 atom stereocenters. The molecule has 0 saturated carbocycles. The van der Waals surface area contributed by atoms with E-state index in [0.29, 0.717) is 0 Å². The third-order valence-corrected chi connectivity index (χ3v) is 2.25. The molecule has 1 heterocycles. The summed E-state index contributed by atoms with van der Waals surface area (Å²) in [7, 11) is 0. The van der Waals surface area contributed by atoms with E-state index in [1.807, 2.05) is 0 Å². The number of carbonyl (C=O) groups is 1. The molecular weight excluding hydrogens is 242 g/mol. The van der Waals surface area contributed by atoms with Crippen LogP contribution >= 0.6 is 11.8 Å². The Morgan fingerprint density at radius 2 is 2.25 bits per heavy atom. The van der Waals surface area contributed by atoms with E-state index in [0.717, 1.165) is 0 Å². The van der Waals surface area contributed by atoms with Crippen LogP contribution in [0.25, 0.3) is 0 Å². The first-order valence-corrected chi connectivity index (χ1v) is 4.78. The predicted molar refractivity (Wildman–Crippen MR) is 53.2 cm³/mol. The van der Waals surface area contributed by atoms with E-state index in [4.69, 9.17) is 16.5 Å². The van der Waals surface area contributed by atoms with Gasteiger partial charge in [0.15, 0.2) is 18.2 Å². The van der Waals surface area contributed by atoms with E-state index in [1.165, 1.54) is 6.07 Å². The maximum absolute atomic E-state index is 13.5. The summed E-state index contributed by atoms with van der Waals surface area (Å²) in [6.45, 7) is -0.385. The first-order chi connectivity index (χ1) is 7.63. The van der Waals surface area contributed by atoms with E-state index < -0.39 is 17.5 Å². The number of hydrogen-bond acceptors (Lipinski definition) is 3. The van der Waals surface area contributed by atoms with E-state index >= 15 is 0 Å². The molecule has 1 aromatic rings. The van der Waals surface area contributed by atoms with Gasteiger partial charge in [0.25, 0.3) is 5.91 Å². The van der Waals surface area contributed by atoms with Gasteiger partial charge in [-0.25, -0.2) is 9.23 Å². The van der Waals surface area contributed by atoms with Crippen LogP contribution in [0.15, 0.2) is 6.07 Å². The number of carbonyl (C=O) groups excluding carboxylic acids is 1. The van der Waals surface area contributed by atoms with Crippen molar-refractivity contribution in [3.8, 4) is 5.75 Å². The Bertz CT molecular complexity index is 454. The van der Waals surface area contributed by atoms with Gasteiger partial charge in [-0.15, -0.1) is 0 Å². The quantitative estimate of drug-likeness (QED) is 0.781. The summed E-state index contributed by atoms with van der Waals surface area (Å²) in [5, 5.41) is 2.39. The molecule has 0 aliphatic carbocycles. The minimum Gasteiger partial charge on any atom is -0.478 e. The highest BCUT2D eigenvalue weighted by Gasteiger charge is 2.24. The summed E-state index contributed by atoms with van der Waals surface area (Å²) in [5.41, 5.74) is 0.120. The normalized spacial score (nSPS) is 14.1. The number of halogens is 3. The molecule has 2 N–H and O–H groups in total. The van der Waals surface area contributed by atoms with Gasteiger partial charge in [0.2, 0.25) is 5.82 Å². The molecule has 2 rings (SSSR count). The van der Waals surface area contributed by atoms with Gasteiger partial charge < -0.3 is 10.1 Å². The SMILES string of the molecule is O=C1COc2c(cc(CNCl)c(F)c2F)N1. The molecule has 4 nitrogen and oxygen atoms in total. The van der Waals surface area contributed by atoms with Crippen molar-refractivity contribution in [2.45, 2.75) is 6.54 Å². The molecule has 86 valence electrons. The summed E-state index contributed by atoms with van der Waals surface area (Å²) < 4.78 is 31.7. The molecule has 7 heteroatoms. The maximum Gasteiger partial charge on any atom is 0.262 e. The third kappa shape index (κ3) is 1.81. The molecule has 0 spiro atoms. The van der Waals surface area contributed by atoms with Gasteiger partial charge in [-0.05, 0) is 17.8 Å². The summed E-state index contributed by atoms with van der Waals surface area (Å²) in [4.78, 5) is 13.2. The zero-order valence-electron chi connectivity index (χ0n) is 7.94. The van der Waals surface area contributed by atoms with Crippen LogP contribution in [0.2, 0.25) is 0 Å². The molecule has 1 aliphatic rings. The van der Waals surface area contributed by atoms with Crippen molar-refractivity contribution in [2.24, 2.45) is 0 Å². The van der Waals surface area contributed by atoms with E-state index in [-0.39, 0.29) is 30.2 Å². The van der Waals surface area contributed by atoms with Crippen molar-refractivity contribution >= 4 is 23.4 Å². The van der Waals surface area contributed by atoms with Crippen LogP contribution in [0.5, 0.6) is 5.75 Å². The average molecular weight is 249 g/mol. The molecule has 1 aliphatic heterocycles. The zero-order valence-corrected chi connectivity index (χ0v) is 8.70. The molecular formula is C9H7ClF2N2O2. The molecule has 0 fully saturated rings. The lowest BCUT2D eigenvalue weighted by Gasteiger charge is -2.19. The average Bonchev–Trinajstić information content (AvgIpc) is 2.25. The standard InChI is InChI=1S/C9H7ClF2N2O2/c10-13-2-4-1-5-9(8(12)7(4)11)16-3-6(15)14-5/h1,13H,2-3H2,(H,14,15). The van der Waals surface area contributed by atoms with Crippen molar-refractivity contribution in [3.63, 3.8) is 0 Å². The minimum atomic E-state index is -1.13. The van der Waals surface area contributed by atoms with Gasteiger partial charge in [-0.3, -0.25) is 4.79 Å². The molecule has 1 aromatic carbocycles. The molecule has 0 unspecified atom stereocenters. The molecule has 1 amide bonds. The van der Waals surface area contributed by atoms with Crippen molar-refractivity contribution in [3.05, 3.63) is 23.3 Å². The molecule has 0 aromatic heterocycles. The monoisotopic (exact) mass is 248 g/mol. The van der Waals surface area contributed by atoms with E-state index in [9.17, 15) is 13.6 Å². The lowest BCUT2D eigenvalue weighted by Crippen LogP contribution is -2.26. The fourth-order valence-corrected chi connectivity index (χ4v) is 1.56. The maximum atomic E-state index is 13.5. The lowest BCUT2D eigenvalue weighted by atomic mass is 10.1. The largest absolute Gasteiger partial charge is 0.478 e. The number of benzene rings is 1. The van der Waals surface area contributed by atoms with Gasteiger partial charge >= 0.3 is 0 Å². The van der Waals surface area contributed by atoms with Crippen LogP contribution in [-0.4, -0.2) is 12.5 Å². The number of amides is 1. The fourth-order valence-electron chi connectivity index (χ4n) is 1.42. The Morgan fingerprint density at radius 1 is 1.50 bits per heavy atom. The van der Waals surface area contributed by atoms with Crippen molar-refractivity contribution < 1.29 is 18.3 Å². The molecule has 0 radical (unpaired) electrons. The molecule has 16 heavy (non-hydrogen) atoms. The topological polar surface area (TPSA) is 50.4 Å². The predicted octanol–water partition coefficient (Wildman–Crippen LogP) is 1.54. The first-order valence-electron chi connectivity index (χ1n) is 4.40. The van der Waals surface area contributed by atoms with Crippen molar-refractivity contribution in [1.82, 2.24) is 4.84 Å². The zero-order chi connectivity index (χ0) is 11.7. The van der Waals surface area contributed by atoms with Crippen molar-refractivity contribution in [2.75, 3.05) is 11.9 Å². The number of anilines is 1. The van der Waals surface area contributed by atoms with Gasteiger partial charge in [-0.1, -0.05) is 0 Å². The Balaban J connectivity index is 2.50. The second kappa shape index (κ2) is 4.23. The Morgan fingerprint density at radius 3 is 2.94 bits per heavy atom. The van der Waals surface area contributed by atoms with E-state index in [2.05, 4.69) is 10.2 Å². The summed E-state index contributed by atoms with van der Waals surface area (Å²) in [5.74, 6) is -2.86. The van der Waals surface area contributed by atoms with Gasteiger partial charge in [0, 0.05) is 12.1 Å².